The Balaban J connectivity index is 2.25. The van der Waals surface area contributed by atoms with Gasteiger partial charge in [0, 0.05) is 12.6 Å². The summed E-state index contributed by atoms with van der Waals surface area (Å²) in [5.74, 6) is -1.37. The number of hydrogen-bond donors (Lipinski definition) is 2. The largest absolute Gasteiger partial charge is 0.508 e. The summed E-state index contributed by atoms with van der Waals surface area (Å²) in [4.78, 5) is 27.3. The van der Waals surface area contributed by atoms with Gasteiger partial charge < -0.3 is 24.6 Å². The molecule has 0 spiro atoms. The van der Waals surface area contributed by atoms with Gasteiger partial charge in [-0.1, -0.05) is 37.1 Å². The highest BCUT2D eigenvalue weighted by Gasteiger charge is 2.46. The number of Topliss-reactive ketones (excluding diaryl/α,β-unsaturated/α-hetero) is 1. The number of nitrogens with zero attached hydrogens (tertiary/aromatic N) is 1. The lowest BCUT2D eigenvalue weighted by Gasteiger charge is -2.25. The van der Waals surface area contributed by atoms with Crippen LogP contribution in [0.2, 0.25) is 5.02 Å². The third kappa shape index (κ3) is 4.18. The lowest BCUT2D eigenvalue weighted by molar-refractivity contribution is -0.139. The highest BCUT2D eigenvalue weighted by atomic mass is 35.5. The molecule has 1 saturated heterocycles. The molecule has 1 fully saturated rings. The first-order valence-corrected chi connectivity index (χ1v) is 10.2. The van der Waals surface area contributed by atoms with E-state index in [4.69, 9.17) is 21.1 Å². The van der Waals surface area contributed by atoms with Crippen LogP contribution in [0.25, 0.3) is 5.76 Å². The zero-order chi connectivity index (χ0) is 22.7. The van der Waals surface area contributed by atoms with E-state index in [-0.39, 0.29) is 27.7 Å². The molecule has 1 aliphatic heterocycles. The SMILES string of the molecule is CCCCN1C(=O)C(=O)/C(=C(/O)c2cc(Cl)c(OC)cc2OC)C1c1cccc(O)c1. The Bertz CT molecular complexity index is 1050. The van der Waals surface area contributed by atoms with Crippen LogP contribution < -0.4 is 9.47 Å². The number of phenols is 1. The number of benzene rings is 2. The number of halogens is 1. The van der Waals surface area contributed by atoms with Crippen molar-refractivity contribution in [1.29, 1.82) is 0 Å². The van der Waals surface area contributed by atoms with E-state index in [2.05, 4.69) is 0 Å². The van der Waals surface area contributed by atoms with Crippen LogP contribution in [0.1, 0.15) is 36.9 Å². The molecule has 2 N–H and O–H groups in total. The second-order valence-corrected chi connectivity index (χ2v) is 7.54. The van der Waals surface area contributed by atoms with E-state index in [9.17, 15) is 19.8 Å². The van der Waals surface area contributed by atoms with Gasteiger partial charge in [0.25, 0.3) is 11.7 Å². The van der Waals surface area contributed by atoms with Crippen LogP contribution in [0.5, 0.6) is 17.2 Å². The Morgan fingerprint density at radius 2 is 1.84 bits per heavy atom. The van der Waals surface area contributed by atoms with Crippen molar-refractivity contribution in [2.75, 3.05) is 20.8 Å². The number of aromatic hydroxyl groups is 1. The zero-order valence-corrected chi connectivity index (χ0v) is 18.3. The average molecular weight is 446 g/mol. The van der Waals surface area contributed by atoms with Gasteiger partial charge in [0.05, 0.1) is 36.4 Å². The topological polar surface area (TPSA) is 96.3 Å². The number of unbranched alkanes of at least 4 members (excludes halogenated alkanes) is 1. The summed E-state index contributed by atoms with van der Waals surface area (Å²) in [6.07, 6.45) is 1.50. The fourth-order valence-electron chi connectivity index (χ4n) is 3.67. The van der Waals surface area contributed by atoms with Crippen LogP contribution in [0.3, 0.4) is 0 Å². The number of amides is 1. The van der Waals surface area contributed by atoms with Crippen molar-refractivity contribution in [1.82, 2.24) is 4.90 Å². The number of methoxy groups -OCH3 is 2. The summed E-state index contributed by atoms with van der Waals surface area (Å²) in [5.41, 5.74) is 0.577. The number of hydrogen-bond acceptors (Lipinski definition) is 6. The van der Waals surface area contributed by atoms with Gasteiger partial charge in [0.1, 0.15) is 23.0 Å². The number of ketones is 1. The minimum absolute atomic E-state index is 0.0105. The van der Waals surface area contributed by atoms with Crippen molar-refractivity contribution in [3.05, 3.63) is 58.1 Å². The third-order valence-corrected chi connectivity index (χ3v) is 5.50. The maximum absolute atomic E-state index is 13.0. The molecule has 1 atom stereocenters. The molecule has 3 rings (SSSR count). The van der Waals surface area contributed by atoms with E-state index in [1.54, 1.807) is 12.1 Å². The molecule has 2 aromatic carbocycles. The van der Waals surface area contributed by atoms with Crippen molar-refractivity contribution in [3.63, 3.8) is 0 Å². The average Bonchev–Trinajstić information content (AvgIpc) is 3.01. The molecule has 7 nitrogen and oxygen atoms in total. The molecule has 0 bridgehead atoms. The summed E-state index contributed by atoms with van der Waals surface area (Å²) in [6.45, 7) is 2.31. The highest BCUT2D eigenvalue weighted by Crippen LogP contribution is 2.43. The Hall–Kier alpha value is -3.19. The number of aliphatic hydroxyl groups excluding tert-OH is 1. The summed E-state index contributed by atoms with van der Waals surface area (Å²) in [6, 6.07) is 8.34. The molecule has 31 heavy (non-hydrogen) atoms. The smallest absolute Gasteiger partial charge is 0.295 e. The lowest BCUT2D eigenvalue weighted by atomic mass is 9.94. The number of carbonyl (C=O) groups excluding carboxylic acids is 2. The van der Waals surface area contributed by atoms with Gasteiger partial charge in [-0.3, -0.25) is 9.59 Å². The van der Waals surface area contributed by atoms with E-state index in [0.717, 1.165) is 6.42 Å². The molecule has 0 aromatic heterocycles. The molecule has 0 aliphatic carbocycles. The van der Waals surface area contributed by atoms with E-state index >= 15 is 0 Å². The van der Waals surface area contributed by atoms with Gasteiger partial charge in [-0.15, -0.1) is 0 Å². The number of likely N-dealkylation sites (tertiary alicyclic amines) is 1. The first-order valence-electron chi connectivity index (χ1n) is 9.83. The van der Waals surface area contributed by atoms with Gasteiger partial charge in [0.2, 0.25) is 0 Å². The predicted molar refractivity (Wildman–Crippen MR) is 117 cm³/mol. The summed E-state index contributed by atoms with van der Waals surface area (Å²) >= 11 is 6.24. The Labute approximate surface area is 185 Å². The molecule has 2 aromatic rings. The highest BCUT2D eigenvalue weighted by molar-refractivity contribution is 6.46. The van der Waals surface area contributed by atoms with Crippen LogP contribution in [0, 0.1) is 0 Å². The van der Waals surface area contributed by atoms with Crippen molar-refractivity contribution in [2.24, 2.45) is 0 Å². The summed E-state index contributed by atoms with van der Waals surface area (Å²) < 4.78 is 10.5. The third-order valence-electron chi connectivity index (χ3n) is 5.21. The van der Waals surface area contributed by atoms with Crippen LogP contribution in [-0.4, -0.2) is 47.6 Å². The predicted octanol–water partition coefficient (Wildman–Crippen LogP) is 4.28. The van der Waals surface area contributed by atoms with E-state index in [1.807, 2.05) is 6.92 Å². The first kappa shape index (κ1) is 22.5. The van der Waals surface area contributed by atoms with Crippen LogP contribution in [0.4, 0.5) is 0 Å². The summed E-state index contributed by atoms with van der Waals surface area (Å²) in [5, 5.41) is 21.4. The van der Waals surface area contributed by atoms with Gasteiger partial charge in [0.15, 0.2) is 0 Å². The molecule has 1 heterocycles. The van der Waals surface area contributed by atoms with Crippen LogP contribution in [-0.2, 0) is 9.59 Å². The molecule has 1 amide bonds. The van der Waals surface area contributed by atoms with E-state index in [0.29, 0.717) is 24.3 Å². The van der Waals surface area contributed by atoms with Gasteiger partial charge in [-0.05, 0) is 30.2 Å². The second-order valence-electron chi connectivity index (χ2n) is 7.13. The van der Waals surface area contributed by atoms with E-state index in [1.165, 1.54) is 43.4 Å². The summed E-state index contributed by atoms with van der Waals surface area (Å²) in [7, 11) is 2.85. The number of aliphatic hydroxyl groups is 1. The molecule has 8 heteroatoms. The second kappa shape index (κ2) is 9.31. The maximum atomic E-state index is 13.0. The minimum atomic E-state index is -0.857. The normalized spacial score (nSPS) is 17.8. The standard InChI is InChI=1S/C23H24ClNO6/c1-4-5-9-25-20(13-7-6-8-14(26)10-13)19(22(28)23(25)29)21(27)15-11-16(24)18(31-3)12-17(15)30-2/h6-8,10-12,20,26-27H,4-5,9H2,1-3H3/b21-19+. The number of ether oxygens (including phenoxy) is 2. The van der Waals surface area contributed by atoms with Crippen molar-refractivity contribution in [3.8, 4) is 17.2 Å². The van der Waals surface area contributed by atoms with Gasteiger partial charge >= 0.3 is 0 Å². The molecular formula is C23H24ClNO6. The molecule has 1 unspecified atom stereocenters. The Morgan fingerprint density at radius 1 is 1.13 bits per heavy atom. The van der Waals surface area contributed by atoms with Crippen LogP contribution in [0.15, 0.2) is 42.0 Å². The molecule has 164 valence electrons. The maximum Gasteiger partial charge on any atom is 0.295 e. The first-order chi connectivity index (χ1) is 14.8. The van der Waals surface area contributed by atoms with Crippen molar-refractivity contribution in [2.45, 2.75) is 25.8 Å². The van der Waals surface area contributed by atoms with Gasteiger partial charge in [-0.2, -0.15) is 0 Å². The number of rotatable bonds is 7. The molecule has 0 radical (unpaired) electrons. The fourth-order valence-corrected chi connectivity index (χ4v) is 3.91. The zero-order valence-electron chi connectivity index (χ0n) is 17.5. The van der Waals surface area contributed by atoms with Gasteiger partial charge in [-0.25, -0.2) is 0 Å². The monoisotopic (exact) mass is 445 g/mol. The van der Waals surface area contributed by atoms with Crippen LogP contribution >= 0.6 is 11.6 Å². The minimum Gasteiger partial charge on any atom is -0.508 e. The molecule has 0 saturated carbocycles. The number of carbonyl (C=O) groups is 2. The Kier molecular flexibility index (Phi) is 6.75. The molecule has 1 aliphatic rings. The Morgan fingerprint density at radius 3 is 2.45 bits per heavy atom. The quantitative estimate of drug-likeness (QED) is 0.375. The van der Waals surface area contributed by atoms with Crippen molar-refractivity contribution < 1.29 is 29.3 Å². The molecular weight excluding hydrogens is 422 g/mol. The fraction of sp³-hybridized carbons (Fsp3) is 0.304. The van der Waals surface area contributed by atoms with E-state index < -0.39 is 23.5 Å². The number of phenolic OH excluding ortho intramolecular Hbond substituents is 1. The lowest BCUT2D eigenvalue weighted by Crippen LogP contribution is -2.30. The van der Waals surface area contributed by atoms with Crippen molar-refractivity contribution >= 4 is 29.1 Å².